The number of nitrogens with one attached hydrogen (secondary N) is 1. The van der Waals surface area contributed by atoms with Gasteiger partial charge in [-0.25, -0.2) is 12.8 Å². The average Bonchev–Trinajstić information content (AvgIpc) is 2.40. The van der Waals surface area contributed by atoms with E-state index in [-0.39, 0.29) is 5.56 Å². The van der Waals surface area contributed by atoms with Crippen LogP contribution >= 0.6 is 0 Å². The van der Waals surface area contributed by atoms with E-state index in [0.29, 0.717) is 5.69 Å². The number of nitrogens with two attached hydrogens (primary N) is 1. The molecule has 118 valence electrons. The van der Waals surface area contributed by atoms with E-state index in [2.05, 4.69) is 4.72 Å². The van der Waals surface area contributed by atoms with Gasteiger partial charge in [0.2, 0.25) is 10.0 Å². The number of halogens is 1. The molecule has 0 saturated heterocycles. The van der Waals surface area contributed by atoms with E-state index < -0.39 is 27.1 Å². The van der Waals surface area contributed by atoms with E-state index in [0.717, 1.165) is 5.56 Å². The summed E-state index contributed by atoms with van der Waals surface area (Å²) in [6, 6.07) is 12.6. The van der Waals surface area contributed by atoms with Crippen LogP contribution in [0, 0.1) is 5.82 Å². The van der Waals surface area contributed by atoms with Gasteiger partial charge < -0.3 is 5.73 Å². The maximum atomic E-state index is 13.5. The van der Waals surface area contributed by atoms with Gasteiger partial charge in [0.15, 0.2) is 0 Å². The number of hydrogen-bond acceptors (Lipinski definition) is 3. The van der Waals surface area contributed by atoms with Crippen LogP contribution in [0.4, 0.5) is 10.1 Å². The van der Waals surface area contributed by atoms with E-state index in [4.69, 9.17) is 5.73 Å². The zero-order chi connectivity index (χ0) is 16.4. The van der Waals surface area contributed by atoms with Gasteiger partial charge in [0.05, 0.1) is 5.75 Å². The highest BCUT2D eigenvalue weighted by atomic mass is 32.2. The second-order valence-electron chi connectivity index (χ2n) is 5.75. The fraction of sp³-hybridized carbons (Fsp3) is 0.250. The molecular formula is C16H19FN2O2S. The summed E-state index contributed by atoms with van der Waals surface area (Å²) < 4.78 is 40.2. The summed E-state index contributed by atoms with van der Waals surface area (Å²) in [5, 5.41) is 0. The van der Waals surface area contributed by atoms with Gasteiger partial charge in [-0.3, -0.25) is 4.72 Å². The molecule has 0 unspecified atom stereocenters. The fourth-order valence-corrected chi connectivity index (χ4v) is 3.21. The molecule has 0 aliphatic carbocycles. The van der Waals surface area contributed by atoms with Crippen molar-refractivity contribution >= 4 is 15.7 Å². The zero-order valence-corrected chi connectivity index (χ0v) is 13.3. The third-order valence-electron chi connectivity index (χ3n) is 3.21. The van der Waals surface area contributed by atoms with E-state index in [1.165, 1.54) is 18.2 Å². The third kappa shape index (κ3) is 4.29. The van der Waals surface area contributed by atoms with E-state index >= 15 is 0 Å². The Morgan fingerprint density at radius 3 is 2.23 bits per heavy atom. The number of anilines is 1. The van der Waals surface area contributed by atoms with Crippen LogP contribution in [0.15, 0.2) is 48.5 Å². The Hall–Kier alpha value is -1.92. The standard InChI is InChI=1S/C16H19FN2O2S/c1-16(2,18)13-7-9-14(10-8-13)19-22(20,21)11-12-5-3-4-6-15(12)17/h3-10,19H,11,18H2,1-2H3. The van der Waals surface area contributed by atoms with E-state index in [1.54, 1.807) is 30.3 Å². The normalized spacial score (nSPS) is 12.2. The lowest BCUT2D eigenvalue weighted by Crippen LogP contribution is -2.28. The maximum absolute atomic E-state index is 13.5. The minimum absolute atomic E-state index is 0.134. The summed E-state index contributed by atoms with van der Waals surface area (Å²) in [5.74, 6) is -0.947. The zero-order valence-electron chi connectivity index (χ0n) is 12.5. The van der Waals surface area contributed by atoms with Crippen LogP contribution < -0.4 is 10.5 Å². The Morgan fingerprint density at radius 1 is 1.09 bits per heavy atom. The van der Waals surface area contributed by atoms with Gasteiger partial charge in [0.25, 0.3) is 0 Å². The summed E-state index contributed by atoms with van der Waals surface area (Å²) in [6.45, 7) is 3.73. The largest absolute Gasteiger partial charge is 0.322 e. The first kappa shape index (κ1) is 16.5. The Morgan fingerprint density at radius 2 is 1.68 bits per heavy atom. The molecule has 0 amide bonds. The minimum Gasteiger partial charge on any atom is -0.322 e. The second-order valence-corrected chi connectivity index (χ2v) is 7.47. The second kappa shape index (κ2) is 6.06. The lowest BCUT2D eigenvalue weighted by molar-refractivity contribution is 0.554. The van der Waals surface area contributed by atoms with Gasteiger partial charge >= 0.3 is 0 Å². The summed E-state index contributed by atoms with van der Waals surface area (Å²) in [4.78, 5) is 0. The Balaban J connectivity index is 2.14. The molecule has 2 aromatic carbocycles. The molecule has 0 radical (unpaired) electrons. The fourth-order valence-electron chi connectivity index (χ4n) is 2.00. The first-order valence-corrected chi connectivity index (χ1v) is 8.46. The van der Waals surface area contributed by atoms with Crippen molar-refractivity contribution in [2.75, 3.05) is 4.72 Å². The third-order valence-corrected chi connectivity index (χ3v) is 4.44. The van der Waals surface area contributed by atoms with Crippen LogP contribution in [0.3, 0.4) is 0 Å². The molecule has 2 rings (SSSR count). The smallest absolute Gasteiger partial charge is 0.237 e. The Kier molecular flexibility index (Phi) is 4.53. The first-order valence-electron chi connectivity index (χ1n) is 6.81. The van der Waals surface area contributed by atoms with Crippen LogP contribution in [0.2, 0.25) is 0 Å². The summed E-state index contributed by atoms with van der Waals surface area (Å²) in [7, 11) is -3.68. The van der Waals surface area contributed by atoms with Crippen molar-refractivity contribution in [3.63, 3.8) is 0 Å². The molecule has 0 heterocycles. The summed E-state index contributed by atoms with van der Waals surface area (Å²) >= 11 is 0. The maximum Gasteiger partial charge on any atom is 0.237 e. The van der Waals surface area contributed by atoms with Crippen LogP contribution in [-0.2, 0) is 21.3 Å². The number of benzene rings is 2. The number of hydrogen-bond donors (Lipinski definition) is 2. The van der Waals surface area contributed by atoms with Gasteiger partial charge in [-0.15, -0.1) is 0 Å². The molecule has 2 aromatic rings. The van der Waals surface area contributed by atoms with Gasteiger partial charge in [-0.05, 0) is 37.6 Å². The van der Waals surface area contributed by atoms with Gasteiger partial charge in [-0.2, -0.15) is 0 Å². The molecular weight excluding hydrogens is 303 g/mol. The van der Waals surface area contributed by atoms with Crippen molar-refractivity contribution in [1.82, 2.24) is 0 Å². The molecule has 6 heteroatoms. The van der Waals surface area contributed by atoms with Crippen molar-refractivity contribution in [3.05, 3.63) is 65.5 Å². The summed E-state index contributed by atoms with van der Waals surface area (Å²) in [5.41, 5.74) is 6.92. The topological polar surface area (TPSA) is 72.2 Å². The molecule has 0 saturated carbocycles. The van der Waals surface area contributed by atoms with Crippen molar-refractivity contribution in [2.45, 2.75) is 25.1 Å². The Bertz CT molecular complexity index is 750. The van der Waals surface area contributed by atoms with Gasteiger partial charge in [0.1, 0.15) is 5.82 Å². The van der Waals surface area contributed by atoms with Crippen molar-refractivity contribution < 1.29 is 12.8 Å². The molecule has 0 atom stereocenters. The molecule has 22 heavy (non-hydrogen) atoms. The monoisotopic (exact) mass is 322 g/mol. The Labute approximate surface area is 130 Å². The molecule has 0 spiro atoms. The van der Waals surface area contributed by atoms with Gasteiger partial charge in [0, 0.05) is 16.8 Å². The highest BCUT2D eigenvalue weighted by Gasteiger charge is 2.16. The van der Waals surface area contributed by atoms with Crippen molar-refractivity contribution in [2.24, 2.45) is 5.73 Å². The quantitative estimate of drug-likeness (QED) is 0.889. The molecule has 0 aliphatic rings. The SMILES string of the molecule is CC(C)(N)c1ccc(NS(=O)(=O)Cc2ccccc2F)cc1. The van der Waals surface area contributed by atoms with Crippen molar-refractivity contribution in [1.29, 1.82) is 0 Å². The summed E-state index contributed by atoms with van der Waals surface area (Å²) in [6.07, 6.45) is 0. The lowest BCUT2D eigenvalue weighted by atomic mass is 9.96. The van der Waals surface area contributed by atoms with Crippen molar-refractivity contribution in [3.8, 4) is 0 Å². The molecule has 0 fully saturated rings. The van der Waals surface area contributed by atoms with Gasteiger partial charge in [-0.1, -0.05) is 30.3 Å². The lowest BCUT2D eigenvalue weighted by Gasteiger charge is -2.19. The molecule has 0 aliphatic heterocycles. The molecule has 0 aromatic heterocycles. The van der Waals surface area contributed by atoms with E-state index in [1.807, 2.05) is 13.8 Å². The van der Waals surface area contributed by atoms with Crippen LogP contribution in [0.25, 0.3) is 0 Å². The highest BCUT2D eigenvalue weighted by Crippen LogP contribution is 2.20. The van der Waals surface area contributed by atoms with Crippen LogP contribution in [-0.4, -0.2) is 8.42 Å². The molecule has 0 bridgehead atoms. The predicted octanol–water partition coefficient (Wildman–Crippen LogP) is 2.96. The minimum atomic E-state index is -3.68. The number of rotatable bonds is 5. The first-order chi connectivity index (χ1) is 10.2. The average molecular weight is 322 g/mol. The number of sulfonamides is 1. The predicted molar refractivity (Wildman–Crippen MR) is 86.3 cm³/mol. The van der Waals surface area contributed by atoms with Crippen LogP contribution in [0.5, 0.6) is 0 Å². The highest BCUT2D eigenvalue weighted by molar-refractivity contribution is 7.91. The van der Waals surface area contributed by atoms with E-state index in [9.17, 15) is 12.8 Å². The molecule has 3 N–H and O–H groups in total. The molecule has 4 nitrogen and oxygen atoms in total. The van der Waals surface area contributed by atoms with Crippen LogP contribution in [0.1, 0.15) is 25.0 Å².